The lowest BCUT2D eigenvalue weighted by molar-refractivity contribution is 0.368. The molecule has 120 valence electrons. The highest BCUT2D eigenvalue weighted by Gasteiger charge is 2.23. The highest BCUT2D eigenvalue weighted by molar-refractivity contribution is 7.97. The smallest absolute Gasteiger partial charge is 0.418 e. The van der Waals surface area contributed by atoms with Crippen LogP contribution in [0.25, 0.3) is 0 Å². The van der Waals surface area contributed by atoms with Gasteiger partial charge in [0.15, 0.2) is 9.79 Å². The van der Waals surface area contributed by atoms with Crippen LogP contribution in [-0.4, -0.2) is 19.7 Å². The number of benzene rings is 2. The van der Waals surface area contributed by atoms with Crippen molar-refractivity contribution in [2.24, 2.45) is 0 Å². The molecule has 22 heavy (non-hydrogen) atoms. The lowest BCUT2D eigenvalue weighted by Gasteiger charge is -2.06. The molecule has 2 aromatic rings. The molecule has 0 aliphatic carbocycles. The molecular formula is C15H16BF5S. The molecule has 0 heterocycles. The van der Waals surface area contributed by atoms with Gasteiger partial charge in [0.1, 0.15) is 5.75 Å². The predicted molar refractivity (Wildman–Crippen MR) is 82.4 cm³/mol. The second-order valence-electron chi connectivity index (χ2n) is 4.26. The first kappa shape index (κ1) is 18.6. The highest BCUT2D eigenvalue weighted by Crippen LogP contribution is 2.23. The largest absolute Gasteiger partial charge is 0.673 e. The molecule has 0 N–H and O–H groups in total. The summed E-state index contributed by atoms with van der Waals surface area (Å²) >= 11 is 0. The fourth-order valence-corrected chi connectivity index (χ4v) is 3.85. The molecule has 0 amide bonds. The summed E-state index contributed by atoms with van der Waals surface area (Å²) in [7, 11) is -5.99. The summed E-state index contributed by atoms with van der Waals surface area (Å²) in [4.78, 5) is 2.60. The van der Waals surface area contributed by atoms with Gasteiger partial charge in [-0.1, -0.05) is 36.4 Å². The minimum absolute atomic E-state index is 0.00887. The van der Waals surface area contributed by atoms with Crippen LogP contribution in [-0.2, 0) is 10.9 Å². The average molecular weight is 334 g/mol. The van der Waals surface area contributed by atoms with Gasteiger partial charge < -0.3 is 17.3 Å². The Morgan fingerprint density at radius 3 is 1.41 bits per heavy atom. The Labute approximate surface area is 129 Å². The molecule has 2 aromatic carbocycles. The van der Waals surface area contributed by atoms with E-state index < -0.39 is 7.25 Å². The first-order chi connectivity index (χ1) is 10.4. The molecule has 0 saturated carbocycles. The van der Waals surface area contributed by atoms with Crippen molar-refractivity contribution in [2.75, 3.05) is 12.4 Å². The van der Waals surface area contributed by atoms with Gasteiger partial charge in [0.25, 0.3) is 0 Å². The van der Waals surface area contributed by atoms with Crippen LogP contribution in [0.5, 0.6) is 0 Å². The van der Waals surface area contributed by atoms with E-state index in [-0.39, 0.29) is 17.6 Å². The molecular weight excluding hydrogens is 318 g/mol. The summed E-state index contributed by atoms with van der Waals surface area (Å²) in [6.45, 7) is -0.233. The Kier molecular flexibility index (Phi) is 8.02. The molecule has 0 bridgehead atoms. The second kappa shape index (κ2) is 9.51. The highest BCUT2D eigenvalue weighted by atomic mass is 32.2. The fourth-order valence-electron chi connectivity index (χ4n) is 1.74. The number of hydrogen-bond donors (Lipinski definition) is 0. The third kappa shape index (κ3) is 8.07. The SMILES string of the molecule is FCCC[S+](c1ccccc1)c1ccccc1.F[B-](F)(F)F. The molecule has 0 saturated heterocycles. The van der Waals surface area contributed by atoms with E-state index in [0.717, 1.165) is 5.75 Å². The Morgan fingerprint density at radius 2 is 1.09 bits per heavy atom. The van der Waals surface area contributed by atoms with Crippen LogP contribution in [0, 0.1) is 0 Å². The zero-order valence-electron chi connectivity index (χ0n) is 11.8. The first-order valence-corrected chi connectivity index (χ1v) is 8.05. The summed E-state index contributed by atoms with van der Waals surface area (Å²) in [6, 6.07) is 20.8. The van der Waals surface area contributed by atoms with Crippen LogP contribution >= 0.6 is 0 Å². The van der Waals surface area contributed by atoms with E-state index in [1.54, 1.807) is 0 Å². The third-order valence-electron chi connectivity index (χ3n) is 2.54. The third-order valence-corrected chi connectivity index (χ3v) is 4.92. The van der Waals surface area contributed by atoms with Gasteiger partial charge in [-0.05, 0) is 24.3 Å². The van der Waals surface area contributed by atoms with Crippen molar-refractivity contribution in [1.29, 1.82) is 0 Å². The van der Waals surface area contributed by atoms with Crippen LogP contribution in [0.2, 0.25) is 0 Å². The number of hydrogen-bond acceptors (Lipinski definition) is 0. The van der Waals surface area contributed by atoms with Crippen molar-refractivity contribution in [1.82, 2.24) is 0 Å². The molecule has 0 aliphatic heterocycles. The van der Waals surface area contributed by atoms with Crippen molar-refractivity contribution in [3.63, 3.8) is 0 Å². The predicted octanol–water partition coefficient (Wildman–Crippen LogP) is 5.38. The van der Waals surface area contributed by atoms with Gasteiger partial charge in [-0.25, -0.2) is 0 Å². The maximum atomic E-state index is 12.4. The molecule has 2 rings (SSSR count). The zero-order chi connectivity index (χ0) is 16.4. The van der Waals surface area contributed by atoms with E-state index in [9.17, 15) is 21.7 Å². The molecule has 0 spiro atoms. The minimum Gasteiger partial charge on any atom is -0.418 e. The fraction of sp³-hybridized carbons (Fsp3) is 0.200. The Hall–Kier alpha value is -1.50. The van der Waals surface area contributed by atoms with Crippen molar-refractivity contribution in [3.8, 4) is 0 Å². The van der Waals surface area contributed by atoms with Crippen LogP contribution in [0.1, 0.15) is 6.42 Å². The molecule has 0 radical (unpaired) electrons. The monoisotopic (exact) mass is 334 g/mol. The standard InChI is InChI=1S/C15H16FS.BF4/c16-12-7-13-17(14-8-3-1-4-9-14)15-10-5-2-6-11-15;2-1(3,4)5/h1-6,8-11H,7,12-13H2;/q+1;-1. The van der Waals surface area contributed by atoms with Gasteiger partial charge in [0, 0.05) is 6.42 Å². The van der Waals surface area contributed by atoms with E-state index in [1.165, 1.54) is 9.79 Å². The van der Waals surface area contributed by atoms with Gasteiger partial charge in [0.05, 0.1) is 17.6 Å². The molecule has 0 atom stereocenters. The second-order valence-corrected chi connectivity index (χ2v) is 6.39. The maximum absolute atomic E-state index is 12.4. The van der Waals surface area contributed by atoms with Crippen molar-refractivity contribution in [3.05, 3.63) is 60.7 Å². The summed E-state index contributed by atoms with van der Waals surface area (Å²) in [5.41, 5.74) is 0. The minimum atomic E-state index is -6.00. The Morgan fingerprint density at radius 1 is 0.727 bits per heavy atom. The van der Waals surface area contributed by atoms with Crippen LogP contribution in [0.15, 0.2) is 70.5 Å². The Bertz CT molecular complexity index is 473. The molecule has 0 fully saturated rings. The van der Waals surface area contributed by atoms with Gasteiger partial charge in [-0.15, -0.1) is 0 Å². The van der Waals surface area contributed by atoms with Gasteiger partial charge >= 0.3 is 7.25 Å². The van der Waals surface area contributed by atoms with E-state index in [0.29, 0.717) is 6.42 Å². The van der Waals surface area contributed by atoms with E-state index in [4.69, 9.17) is 0 Å². The molecule has 0 unspecified atom stereocenters. The normalized spacial score (nSPS) is 11.0. The summed E-state index contributed by atoms with van der Waals surface area (Å²) in [6.07, 6.45) is 0.632. The Balaban J connectivity index is 0.000000422. The lowest BCUT2D eigenvalue weighted by atomic mass is 10.3. The maximum Gasteiger partial charge on any atom is 0.673 e. The molecule has 0 nitrogen and oxygen atoms in total. The summed E-state index contributed by atoms with van der Waals surface area (Å²) < 4.78 is 51.4. The first-order valence-electron chi connectivity index (χ1n) is 6.66. The molecule has 0 aliphatic rings. The molecule has 7 heteroatoms. The number of alkyl halides is 1. The average Bonchev–Trinajstić information content (AvgIpc) is 2.48. The lowest BCUT2D eigenvalue weighted by Crippen LogP contribution is -2.09. The van der Waals surface area contributed by atoms with Gasteiger partial charge in [-0.2, -0.15) is 0 Å². The van der Waals surface area contributed by atoms with Crippen LogP contribution in [0.4, 0.5) is 21.7 Å². The zero-order valence-corrected chi connectivity index (χ0v) is 12.6. The van der Waals surface area contributed by atoms with Crippen molar-refractivity contribution in [2.45, 2.75) is 16.2 Å². The quantitative estimate of drug-likeness (QED) is 0.391. The van der Waals surface area contributed by atoms with Crippen molar-refractivity contribution < 1.29 is 21.7 Å². The number of halogens is 5. The van der Waals surface area contributed by atoms with Crippen LogP contribution < -0.4 is 0 Å². The van der Waals surface area contributed by atoms with E-state index in [2.05, 4.69) is 24.3 Å². The summed E-state index contributed by atoms with van der Waals surface area (Å²) in [5.74, 6) is 0.893. The van der Waals surface area contributed by atoms with Gasteiger partial charge in [-0.3, -0.25) is 4.39 Å². The van der Waals surface area contributed by atoms with Crippen LogP contribution in [0.3, 0.4) is 0 Å². The molecule has 0 aromatic heterocycles. The van der Waals surface area contributed by atoms with E-state index >= 15 is 0 Å². The summed E-state index contributed by atoms with van der Waals surface area (Å²) in [5, 5.41) is 0. The van der Waals surface area contributed by atoms with E-state index in [1.807, 2.05) is 36.4 Å². The number of rotatable bonds is 5. The van der Waals surface area contributed by atoms with Gasteiger partial charge in [0.2, 0.25) is 0 Å². The topological polar surface area (TPSA) is 0 Å². The van der Waals surface area contributed by atoms with Crippen molar-refractivity contribution >= 4 is 18.1 Å².